The van der Waals surface area contributed by atoms with Gasteiger partial charge in [0.25, 0.3) is 0 Å². The number of rotatable bonds is 3. The standard InChI is InChI=1S/C19H15N5O/c20-11-12-5-7-13(8-6-12)16-10-18(24-23-16)22-19(25)17-9-14-3-1-2-4-15(14)21-17/h1-8,10,17,21H,9H2,(H2,22,23,24,25). The van der Waals surface area contributed by atoms with Crippen LogP contribution in [0.5, 0.6) is 0 Å². The van der Waals surface area contributed by atoms with Crippen LogP contribution in [0.15, 0.2) is 54.6 Å². The van der Waals surface area contributed by atoms with Crippen LogP contribution in [0.25, 0.3) is 11.3 Å². The third kappa shape index (κ3) is 2.95. The molecule has 0 bridgehead atoms. The van der Waals surface area contributed by atoms with Gasteiger partial charge in [-0.25, -0.2) is 0 Å². The number of hydrogen-bond donors (Lipinski definition) is 3. The van der Waals surface area contributed by atoms with E-state index in [9.17, 15) is 4.79 Å². The summed E-state index contributed by atoms with van der Waals surface area (Å²) in [6, 6.07) is 18.6. The number of aromatic amines is 1. The molecule has 1 aromatic heterocycles. The van der Waals surface area contributed by atoms with Gasteiger partial charge in [0.1, 0.15) is 6.04 Å². The number of carbonyl (C=O) groups excluding carboxylic acids is 1. The fourth-order valence-corrected chi connectivity index (χ4v) is 2.93. The molecule has 2 aromatic carbocycles. The molecule has 1 aliphatic heterocycles. The third-order valence-corrected chi connectivity index (χ3v) is 4.24. The molecule has 3 aromatic rings. The van der Waals surface area contributed by atoms with Crippen LogP contribution in [0.2, 0.25) is 0 Å². The summed E-state index contributed by atoms with van der Waals surface area (Å²) in [6.45, 7) is 0. The molecule has 0 radical (unpaired) electrons. The lowest BCUT2D eigenvalue weighted by molar-refractivity contribution is -0.116. The van der Waals surface area contributed by atoms with Crippen molar-refractivity contribution in [1.82, 2.24) is 10.2 Å². The van der Waals surface area contributed by atoms with Crippen LogP contribution in [0.3, 0.4) is 0 Å². The van der Waals surface area contributed by atoms with Gasteiger partial charge in [0, 0.05) is 18.2 Å². The second-order valence-corrected chi connectivity index (χ2v) is 5.90. The van der Waals surface area contributed by atoms with Crippen molar-refractivity contribution in [3.05, 3.63) is 65.7 Å². The molecule has 6 nitrogen and oxygen atoms in total. The van der Waals surface area contributed by atoms with Crippen molar-refractivity contribution in [2.24, 2.45) is 0 Å². The van der Waals surface area contributed by atoms with Gasteiger partial charge in [-0.1, -0.05) is 30.3 Å². The summed E-state index contributed by atoms with van der Waals surface area (Å²) in [7, 11) is 0. The van der Waals surface area contributed by atoms with Crippen molar-refractivity contribution >= 4 is 17.4 Å². The topological polar surface area (TPSA) is 93.6 Å². The molecule has 0 spiro atoms. The maximum Gasteiger partial charge on any atom is 0.248 e. The predicted octanol–water partition coefficient (Wildman–Crippen LogP) is 2.92. The van der Waals surface area contributed by atoms with Gasteiger partial charge in [-0.3, -0.25) is 9.89 Å². The van der Waals surface area contributed by atoms with E-state index in [1.54, 1.807) is 18.2 Å². The Morgan fingerprint density at radius 3 is 2.76 bits per heavy atom. The molecule has 0 saturated heterocycles. The molecule has 2 heterocycles. The Labute approximate surface area is 144 Å². The van der Waals surface area contributed by atoms with E-state index in [0.717, 1.165) is 22.5 Å². The van der Waals surface area contributed by atoms with Gasteiger partial charge in [0.2, 0.25) is 5.91 Å². The van der Waals surface area contributed by atoms with Crippen LogP contribution in [0.1, 0.15) is 11.1 Å². The molecule has 0 saturated carbocycles. The van der Waals surface area contributed by atoms with Crippen molar-refractivity contribution in [3.8, 4) is 17.3 Å². The van der Waals surface area contributed by atoms with Crippen LogP contribution in [0, 0.1) is 11.3 Å². The zero-order chi connectivity index (χ0) is 17.2. The molecule has 1 aliphatic rings. The number of benzene rings is 2. The average Bonchev–Trinajstić information content (AvgIpc) is 3.28. The molecule has 0 aliphatic carbocycles. The molecule has 4 rings (SSSR count). The second kappa shape index (κ2) is 6.13. The van der Waals surface area contributed by atoms with E-state index in [1.807, 2.05) is 36.4 Å². The zero-order valence-corrected chi connectivity index (χ0v) is 13.3. The molecular formula is C19H15N5O. The lowest BCUT2D eigenvalue weighted by Gasteiger charge is -2.10. The van der Waals surface area contributed by atoms with Gasteiger partial charge >= 0.3 is 0 Å². The molecular weight excluding hydrogens is 314 g/mol. The van der Waals surface area contributed by atoms with Gasteiger partial charge in [-0.15, -0.1) is 0 Å². The molecule has 1 atom stereocenters. The van der Waals surface area contributed by atoms with Crippen LogP contribution < -0.4 is 10.6 Å². The fourth-order valence-electron chi connectivity index (χ4n) is 2.93. The molecule has 122 valence electrons. The molecule has 6 heteroatoms. The number of fused-ring (bicyclic) bond motifs is 1. The van der Waals surface area contributed by atoms with Gasteiger partial charge in [-0.05, 0) is 29.3 Å². The first-order chi connectivity index (χ1) is 12.2. The lowest BCUT2D eigenvalue weighted by atomic mass is 10.1. The Hall–Kier alpha value is -3.59. The summed E-state index contributed by atoms with van der Waals surface area (Å²) in [5, 5.41) is 22.0. The summed E-state index contributed by atoms with van der Waals surface area (Å²) < 4.78 is 0. The zero-order valence-electron chi connectivity index (χ0n) is 13.3. The average molecular weight is 329 g/mol. The predicted molar refractivity (Wildman–Crippen MR) is 94.9 cm³/mol. The summed E-state index contributed by atoms with van der Waals surface area (Å²) in [5.74, 6) is 0.358. The van der Waals surface area contributed by atoms with E-state index in [1.165, 1.54) is 0 Å². The molecule has 1 unspecified atom stereocenters. The van der Waals surface area contributed by atoms with Crippen molar-refractivity contribution in [2.45, 2.75) is 12.5 Å². The number of carbonyl (C=O) groups is 1. The van der Waals surface area contributed by atoms with Crippen LogP contribution in [-0.2, 0) is 11.2 Å². The van der Waals surface area contributed by atoms with E-state index in [4.69, 9.17) is 5.26 Å². The maximum absolute atomic E-state index is 12.4. The number of nitrogens with one attached hydrogen (secondary N) is 3. The van der Waals surface area contributed by atoms with E-state index in [2.05, 4.69) is 26.9 Å². The number of nitriles is 1. The minimum absolute atomic E-state index is 0.117. The highest BCUT2D eigenvalue weighted by molar-refractivity contribution is 5.97. The van der Waals surface area contributed by atoms with Crippen molar-refractivity contribution in [1.29, 1.82) is 5.26 Å². The molecule has 25 heavy (non-hydrogen) atoms. The molecule has 3 N–H and O–H groups in total. The molecule has 0 fully saturated rings. The number of nitrogens with zero attached hydrogens (tertiary/aromatic N) is 2. The van der Waals surface area contributed by atoms with E-state index in [0.29, 0.717) is 17.8 Å². The number of amides is 1. The van der Waals surface area contributed by atoms with Crippen molar-refractivity contribution in [3.63, 3.8) is 0 Å². The smallest absolute Gasteiger partial charge is 0.248 e. The van der Waals surface area contributed by atoms with E-state index in [-0.39, 0.29) is 11.9 Å². The maximum atomic E-state index is 12.4. The first-order valence-corrected chi connectivity index (χ1v) is 7.94. The van der Waals surface area contributed by atoms with E-state index >= 15 is 0 Å². The van der Waals surface area contributed by atoms with Gasteiger partial charge in [0.05, 0.1) is 17.3 Å². The quantitative estimate of drug-likeness (QED) is 0.689. The molecule has 1 amide bonds. The first-order valence-electron chi connectivity index (χ1n) is 7.94. The number of anilines is 2. The van der Waals surface area contributed by atoms with Crippen LogP contribution >= 0.6 is 0 Å². The first kappa shape index (κ1) is 15.0. The second-order valence-electron chi connectivity index (χ2n) is 5.90. The summed E-state index contributed by atoms with van der Waals surface area (Å²) in [4.78, 5) is 12.4. The normalized spacial score (nSPS) is 15.1. The Kier molecular flexibility index (Phi) is 3.67. The number of hydrogen-bond acceptors (Lipinski definition) is 4. The third-order valence-electron chi connectivity index (χ3n) is 4.24. The van der Waals surface area contributed by atoms with Gasteiger partial charge in [0.15, 0.2) is 5.82 Å². The number of aromatic nitrogens is 2. The van der Waals surface area contributed by atoms with Crippen LogP contribution in [0.4, 0.5) is 11.5 Å². The Balaban J connectivity index is 1.44. The minimum Gasteiger partial charge on any atom is -0.373 e. The largest absolute Gasteiger partial charge is 0.373 e. The highest BCUT2D eigenvalue weighted by Gasteiger charge is 2.26. The highest BCUT2D eigenvalue weighted by atomic mass is 16.2. The van der Waals surface area contributed by atoms with Gasteiger partial charge in [-0.2, -0.15) is 10.4 Å². The number of H-pyrrole nitrogens is 1. The van der Waals surface area contributed by atoms with Crippen molar-refractivity contribution in [2.75, 3.05) is 10.6 Å². The monoisotopic (exact) mass is 329 g/mol. The minimum atomic E-state index is -0.299. The van der Waals surface area contributed by atoms with Crippen LogP contribution in [-0.4, -0.2) is 22.1 Å². The Morgan fingerprint density at radius 1 is 1.20 bits per heavy atom. The summed E-state index contributed by atoms with van der Waals surface area (Å²) in [6.07, 6.45) is 0.662. The van der Waals surface area contributed by atoms with Crippen molar-refractivity contribution < 1.29 is 4.79 Å². The Bertz CT molecular complexity index is 943. The SMILES string of the molecule is N#Cc1ccc(-c2cc(NC(=O)C3Cc4ccccc4N3)n[nH]2)cc1. The highest BCUT2D eigenvalue weighted by Crippen LogP contribution is 2.26. The Morgan fingerprint density at radius 2 is 2.00 bits per heavy atom. The fraction of sp³-hybridized carbons (Fsp3) is 0.105. The summed E-state index contributed by atoms with van der Waals surface area (Å²) in [5.41, 5.74) is 4.43. The van der Waals surface area contributed by atoms with E-state index < -0.39 is 0 Å². The van der Waals surface area contributed by atoms with Gasteiger partial charge < -0.3 is 10.6 Å². The lowest BCUT2D eigenvalue weighted by Crippen LogP contribution is -2.32. The number of para-hydroxylation sites is 1. The summed E-state index contributed by atoms with van der Waals surface area (Å²) >= 11 is 0.